The van der Waals surface area contributed by atoms with E-state index in [1.165, 1.54) is 20.2 Å². The summed E-state index contributed by atoms with van der Waals surface area (Å²) in [7, 11) is 0. The minimum atomic E-state index is 0.231. The van der Waals surface area contributed by atoms with Gasteiger partial charge in [0.25, 0.3) is 0 Å². The second-order valence-electron chi connectivity index (χ2n) is 7.67. The largest absolute Gasteiger partial charge is 0.339 e. The third kappa shape index (κ3) is 4.20. The van der Waals surface area contributed by atoms with E-state index in [0.717, 1.165) is 45.7 Å². The van der Waals surface area contributed by atoms with E-state index in [-0.39, 0.29) is 11.9 Å². The maximum absolute atomic E-state index is 13.1. The molecule has 0 N–H and O–H groups in total. The van der Waals surface area contributed by atoms with Crippen molar-refractivity contribution in [2.24, 2.45) is 0 Å². The van der Waals surface area contributed by atoms with Crippen LogP contribution in [0.2, 0.25) is 0 Å². The molecule has 1 saturated heterocycles. The van der Waals surface area contributed by atoms with Gasteiger partial charge in [0.2, 0.25) is 5.91 Å². The average Bonchev–Trinajstić information content (AvgIpc) is 3.51. The van der Waals surface area contributed by atoms with Gasteiger partial charge in [-0.2, -0.15) is 0 Å². The molecule has 0 aliphatic carbocycles. The highest BCUT2D eigenvalue weighted by molar-refractivity contribution is 7.10. The minimum Gasteiger partial charge on any atom is -0.339 e. The molecule has 7 heteroatoms. The fraction of sp³-hybridized carbons (Fsp3) is 0.409. The third-order valence-electron chi connectivity index (χ3n) is 5.90. The monoisotopic (exact) mass is 443 g/mol. The Kier molecular flexibility index (Phi) is 5.83. The second kappa shape index (κ2) is 8.70. The van der Waals surface area contributed by atoms with Crippen molar-refractivity contribution in [2.75, 3.05) is 39.3 Å². The normalized spacial score (nSPS) is 20.7. The second-order valence-corrected chi connectivity index (χ2v) is 10.7. The van der Waals surface area contributed by atoms with Crippen LogP contribution in [0.3, 0.4) is 0 Å². The summed E-state index contributed by atoms with van der Waals surface area (Å²) in [5.74, 6) is 0.279. The predicted molar refractivity (Wildman–Crippen MR) is 122 cm³/mol. The van der Waals surface area contributed by atoms with Crippen molar-refractivity contribution < 1.29 is 4.79 Å². The van der Waals surface area contributed by atoms with Crippen molar-refractivity contribution in [1.29, 1.82) is 0 Å². The van der Waals surface area contributed by atoms with Gasteiger partial charge < -0.3 is 4.90 Å². The van der Waals surface area contributed by atoms with E-state index in [1.54, 1.807) is 11.3 Å². The van der Waals surface area contributed by atoms with Gasteiger partial charge in [0.1, 0.15) is 0 Å². The zero-order valence-corrected chi connectivity index (χ0v) is 18.8. The summed E-state index contributed by atoms with van der Waals surface area (Å²) in [6, 6.07) is 11.1. The third-order valence-corrected chi connectivity index (χ3v) is 8.68. The summed E-state index contributed by atoms with van der Waals surface area (Å²) >= 11 is 5.47. The van der Waals surface area contributed by atoms with E-state index in [2.05, 4.69) is 61.2 Å². The van der Waals surface area contributed by atoms with Gasteiger partial charge >= 0.3 is 0 Å². The van der Waals surface area contributed by atoms with Crippen LogP contribution in [0.25, 0.3) is 0 Å². The maximum Gasteiger partial charge on any atom is 0.236 e. The number of nitrogens with zero attached hydrogens (tertiary/aromatic N) is 3. The molecular formula is C22H25N3OS3. The first-order chi connectivity index (χ1) is 14.3. The first-order valence-corrected chi connectivity index (χ1v) is 12.8. The number of carbonyl (C=O) groups excluding carboxylic acids is 1. The Hall–Kier alpha value is -1.51. The Morgan fingerprint density at radius 3 is 2.52 bits per heavy atom. The lowest BCUT2D eigenvalue weighted by atomic mass is 9.98. The number of fused-ring (bicyclic) bond motifs is 1. The zero-order valence-electron chi connectivity index (χ0n) is 16.3. The van der Waals surface area contributed by atoms with E-state index >= 15 is 0 Å². The molecule has 2 aliphatic heterocycles. The molecule has 29 heavy (non-hydrogen) atoms. The van der Waals surface area contributed by atoms with Crippen LogP contribution in [0.4, 0.5) is 0 Å². The summed E-state index contributed by atoms with van der Waals surface area (Å²) in [5, 5.41) is 6.48. The first-order valence-electron chi connectivity index (χ1n) is 10.1. The van der Waals surface area contributed by atoms with Gasteiger partial charge in [0.05, 0.1) is 12.6 Å². The van der Waals surface area contributed by atoms with Crippen LogP contribution in [0.1, 0.15) is 26.2 Å². The number of thiophene rings is 3. The van der Waals surface area contributed by atoms with E-state index < -0.39 is 0 Å². The van der Waals surface area contributed by atoms with Crippen molar-refractivity contribution in [3.8, 4) is 0 Å². The van der Waals surface area contributed by atoms with Crippen LogP contribution in [0.5, 0.6) is 0 Å². The van der Waals surface area contributed by atoms with Gasteiger partial charge in [0, 0.05) is 53.9 Å². The Morgan fingerprint density at radius 1 is 0.931 bits per heavy atom. The topological polar surface area (TPSA) is 26.8 Å². The number of carbonyl (C=O) groups is 1. The summed E-state index contributed by atoms with van der Waals surface area (Å²) in [5.41, 5.74) is 1.40. The fourth-order valence-electron chi connectivity index (χ4n) is 4.37. The molecule has 0 bridgehead atoms. The van der Waals surface area contributed by atoms with Crippen molar-refractivity contribution in [2.45, 2.75) is 19.0 Å². The van der Waals surface area contributed by atoms with Crippen molar-refractivity contribution >= 4 is 39.9 Å². The SMILES string of the molecule is O=C(CN1CCc2sccc2C1c1cccs1)N1CCN(Cc2cccs2)CC1. The Labute approximate surface area is 184 Å². The molecule has 152 valence electrons. The number of piperazine rings is 1. The van der Waals surface area contributed by atoms with Gasteiger partial charge in [0.15, 0.2) is 0 Å². The molecule has 5 rings (SSSR count). The number of rotatable bonds is 5. The number of amides is 1. The van der Waals surface area contributed by atoms with Crippen LogP contribution in [0.15, 0.2) is 46.5 Å². The average molecular weight is 444 g/mol. The molecule has 3 aromatic rings. The van der Waals surface area contributed by atoms with Crippen LogP contribution in [-0.2, 0) is 17.8 Å². The highest BCUT2D eigenvalue weighted by atomic mass is 32.1. The molecule has 5 heterocycles. The number of hydrogen-bond acceptors (Lipinski definition) is 6. The van der Waals surface area contributed by atoms with Gasteiger partial charge in [-0.25, -0.2) is 0 Å². The maximum atomic E-state index is 13.1. The predicted octanol–water partition coefficient (Wildman–Crippen LogP) is 4.16. The van der Waals surface area contributed by atoms with Crippen molar-refractivity contribution in [3.05, 3.63) is 66.7 Å². The molecule has 1 fully saturated rings. The molecule has 0 radical (unpaired) electrons. The minimum absolute atomic E-state index is 0.231. The quantitative estimate of drug-likeness (QED) is 0.592. The zero-order chi connectivity index (χ0) is 19.6. The summed E-state index contributed by atoms with van der Waals surface area (Å²) in [6.45, 7) is 6.09. The Morgan fingerprint density at radius 2 is 1.76 bits per heavy atom. The van der Waals surface area contributed by atoms with E-state index in [1.807, 2.05) is 22.7 Å². The highest BCUT2D eigenvalue weighted by Crippen LogP contribution is 2.39. The first kappa shape index (κ1) is 19.5. The van der Waals surface area contributed by atoms with Crippen LogP contribution in [0, 0.1) is 0 Å². The van der Waals surface area contributed by atoms with Crippen molar-refractivity contribution in [1.82, 2.24) is 14.7 Å². The van der Waals surface area contributed by atoms with Crippen LogP contribution < -0.4 is 0 Å². The molecule has 0 saturated carbocycles. The fourth-order valence-corrected chi connectivity index (χ4v) is 6.90. The van der Waals surface area contributed by atoms with Crippen LogP contribution in [-0.4, -0.2) is 59.9 Å². The standard InChI is InChI=1S/C22H25N3OS3/c26-21(24-10-8-23(9-11-24)15-17-3-1-12-27-17)16-25-7-5-19-18(6-14-29-19)22(25)20-4-2-13-28-20/h1-4,6,12-14,22H,5,7-11,15-16H2. The lowest BCUT2D eigenvalue weighted by molar-refractivity contribution is -0.134. The van der Waals surface area contributed by atoms with E-state index in [0.29, 0.717) is 6.54 Å². The molecule has 1 unspecified atom stereocenters. The van der Waals surface area contributed by atoms with E-state index in [9.17, 15) is 4.79 Å². The molecular weight excluding hydrogens is 418 g/mol. The van der Waals surface area contributed by atoms with Gasteiger partial charge in [-0.15, -0.1) is 34.0 Å². The lowest BCUT2D eigenvalue weighted by Crippen LogP contribution is -2.51. The van der Waals surface area contributed by atoms with Gasteiger partial charge in [-0.05, 0) is 46.3 Å². The van der Waals surface area contributed by atoms with Gasteiger partial charge in [-0.3, -0.25) is 14.6 Å². The number of hydrogen-bond donors (Lipinski definition) is 0. The van der Waals surface area contributed by atoms with Crippen molar-refractivity contribution in [3.63, 3.8) is 0 Å². The van der Waals surface area contributed by atoms with Crippen LogP contribution >= 0.6 is 34.0 Å². The molecule has 0 spiro atoms. The summed E-state index contributed by atoms with van der Waals surface area (Å²) < 4.78 is 0. The molecule has 3 aromatic heterocycles. The molecule has 1 amide bonds. The highest BCUT2D eigenvalue weighted by Gasteiger charge is 2.33. The van der Waals surface area contributed by atoms with E-state index in [4.69, 9.17) is 0 Å². The molecule has 4 nitrogen and oxygen atoms in total. The molecule has 1 atom stereocenters. The molecule has 2 aliphatic rings. The lowest BCUT2D eigenvalue weighted by Gasteiger charge is -2.38. The Balaban J connectivity index is 1.22. The summed E-state index contributed by atoms with van der Waals surface area (Å²) in [6.07, 6.45) is 1.05. The molecule has 0 aromatic carbocycles. The summed E-state index contributed by atoms with van der Waals surface area (Å²) in [4.78, 5) is 24.3. The van der Waals surface area contributed by atoms with Gasteiger partial charge in [-0.1, -0.05) is 12.1 Å². The smallest absolute Gasteiger partial charge is 0.236 e. The Bertz CT molecular complexity index is 927.